The Kier molecular flexibility index (Phi) is 13.4. The van der Waals surface area contributed by atoms with E-state index in [0.29, 0.717) is 60.4 Å². The molecule has 0 spiro atoms. The first-order chi connectivity index (χ1) is 26.6. The smallest absolute Gasteiger partial charge is 0.229 e. The van der Waals surface area contributed by atoms with Gasteiger partial charge >= 0.3 is 0 Å². The molecule has 2 aliphatic rings. The summed E-state index contributed by atoms with van der Waals surface area (Å²) in [5, 5.41) is 6.68. The monoisotopic (exact) mass is 795 g/mol. The summed E-state index contributed by atoms with van der Waals surface area (Å²) in [6.45, 7) is 8.90. The highest BCUT2D eigenvalue weighted by atomic mass is 35.5. The van der Waals surface area contributed by atoms with Crippen LogP contribution < -0.4 is 30.7 Å². The van der Waals surface area contributed by atoms with Gasteiger partial charge in [0.25, 0.3) is 0 Å². The summed E-state index contributed by atoms with van der Waals surface area (Å²) in [5.41, 5.74) is 9.94. The van der Waals surface area contributed by atoms with Crippen LogP contribution >= 0.6 is 11.6 Å². The number of carbonyl (C=O) groups excluding carboxylic acids is 1. The van der Waals surface area contributed by atoms with Crippen molar-refractivity contribution >= 4 is 73.1 Å². The summed E-state index contributed by atoms with van der Waals surface area (Å²) in [4.78, 5) is 37.4. The molecule has 16 nitrogen and oxygen atoms in total. The highest BCUT2D eigenvalue weighted by Crippen LogP contribution is 2.38. The minimum Gasteiger partial charge on any atom is -0.494 e. The van der Waals surface area contributed by atoms with Gasteiger partial charge in [-0.15, -0.1) is 0 Å². The minimum atomic E-state index is -3.66. The first kappa shape index (κ1) is 40.1. The maximum absolute atomic E-state index is 12.7. The average Bonchev–Trinajstić information content (AvgIpc) is 3.19. The molecular formula is C37H50ClN11O5S. The fraction of sp³-hybridized carbons (Fsp3) is 0.486. The highest BCUT2D eigenvalue weighted by molar-refractivity contribution is 7.92. The molecule has 18 heteroatoms. The van der Waals surface area contributed by atoms with E-state index in [9.17, 15) is 13.2 Å². The summed E-state index contributed by atoms with van der Waals surface area (Å²) >= 11 is 6.54. The summed E-state index contributed by atoms with van der Waals surface area (Å²) in [6, 6.07) is 8.03. The van der Waals surface area contributed by atoms with Crippen molar-refractivity contribution in [3.05, 3.63) is 53.4 Å². The van der Waals surface area contributed by atoms with Gasteiger partial charge in [-0.05, 0) is 49.4 Å². The fourth-order valence-electron chi connectivity index (χ4n) is 7.13. The molecule has 1 amide bonds. The number of nitrogens with zero attached hydrogens (tertiary/aromatic N) is 7. The number of ether oxygens (including phenoxy) is 2. The van der Waals surface area contributed by atoms with Gasteiger partial charge in [0.05, 0.1) is 48.7 Å². The Hall–Kier alpha value is -4.55. The number of piperazine rings is 1. The van der Waals surface area contributed by atoms with E-state index < -0.39 is 10.0 Å². The van der Waals surface area contributed by atoms with Crippen molar-refractivity contribution in [1.29, 1.82) is 0 Å². The molecule has 4 aromatic rings. The fourth-order valence-corrected chi connectivity index (χ4v) is 7.84. The number of hydrogen-bond donors (Lipinski definition) is 4. The predicted molar refractivity (Wildman–Crippen MR) is 216 cm³/mol. The largest absolute Gasteiger partial charge is 0.494 e. The Morgan fingerprint density at radius 3 is 2.47 bits per heavy atom. The van der Waals surface area contributed by atoms with Crippen LogP contribution in [0, 0.1) is 0 Å². The van der Waals surface area contributed by atoms with Crippen molar-refractivity contribution in [1.82, 2.24) is 29.7 Å². The molecule has 2 aromatic carbocycles. The van der Waals surface area contributed by atoms with Crippen LogP contribution in [0.15, 0.2) is 42.9 Å². The van der Waals surface area contributed by atoms with E-state index in [2.05, 4.69) is 64.1 Å². The number of piperidine rings is 1. The average molecular weight is 796 g/mol. The van der Waals surface area contributed by atoms with E-state index in [1.54, 1.807) is 19.2 Å². The lowest BCUT2D eigenvalue weighted by molar-refractivity contribution is -0.133. The van der Waals surface area contributed by atoms with Crippen molar-refractivity contribution in [2.45, 2.75) is 45.1 Å². The third-order valence-corrected chi connectivity index (χ3v) is 10.7. The number of amides is 1. The van der Waals surface area contributed by atoms with Crippen molar-refractivity contribution < 1.29 is 22.7 Å². The topological polar surface area (TPSA) is 193 Å². The number of aryl methyl sites for hydroxylation is 1. The van der Waals surface area contributed by atoms with Crippen LogP contribution in [0.1, 0.15) is 38.2 Å². The Balaban J connectivity index is 1.10. The molecule has 2 saturated heterocycles. The van der Waals surface area contributed by atoms with Crippen LogP contribution in [0.5, 0.6) is 5.75 Å². The van der Waals surface area contributed by atoms with Crippen LogP contribution in [0.2, 0.25) is 5.02 Å². The van der Waals surface area contributed by atoms with Gasteiger partial charge in [-0.25, -0.2) is 13.4 Å². The zero-order chi connectivity index (χ0) is 39.0. The number of rotatable bonds is 16. The quantitative estimate of drug-likeness (QED) is 0.117. The van der Waals surface area contributed by atoms with Crippen LogP contribution in [0.25, 0.3) is 11.0 Å². The number of aromatic nitrogens is 4. The molecule has 2 aliphatic heterocycles. The maximum Gasteiger partial charge on any atom is 0.229 e. The first-order valence-electron chi connectivity index (χ1n) is 18.6. The van der Waals surface area contributed by atoms with Crippen molar-refractivity contribution in [2.75, 3.05) is 92.6 Å². The summed E-state index contributed by atoms with van der Waals surface area (Å²) in [6.07, 6.45) is 9.68. The van der Waals surface area contributed by atoms with Gasteiger partial charge < -0.3 is 35.6 Å². The maximum atomic E-state index is 12.7. The molecule has 296 valence electrons. The lowest BCUT2D eigenvalue weighted by Crippen LogP contribution is -2.54. The zero-order valence-electron chi connectivity index (χ0n) is 31.6. The minimum absolute atomic E-state index is 0.208. The Morgan fingerprint density at radius 2 is 1.76 bits per heavy atom. The predicted octanol–water partition coefficient (Wildman–Crippen LogP) is 4.37. The number of methoxy groups -OCH3 is 1. The molecule has 0 unspecified atom stereocenters. The van der Waals surface area contributed by atoms with Crippen LogP contribution in [0.4, 0.5) is 34.5 Å². The molecule has 2 aromatic heterocycles. The van der Waals surface area contributed by atoms with E-state index in [1.165, 1.54) is 18.6 Å². The van der Waals surface area contributed by atoms with E-state index >= 15 is 0 Å². The Bertz CT molecular complexity index is 2060. The molecule has 0 aliphatic carbocycles. The van der Waals surface area contributed by atoms with E-state index in [4.69, 9.17) is 26.8 Å². The molecular weight excluding hydrogens is 746 g/mol. The number of fused-ring (bicyclic) bond motifs is 1. The van der Waals surface area contributed by atoms with Gasteiger partial charge in [-0.2, -0.15) is 4.98 Å². The van der Waals surface area contributed by atoms with E-state index in [-0.39, 0.29) is 28.4 Å². The van der Waals surface area contributed by atoms with Crippen LogP contribution in [-0.4, -0.2) is 122 Å². The van der Waals surface area contributed by atoms with Gasteiger partial charge in [0.15, 0.2) is 5.82 Å². The summed E-state index contributed by atoms with van der Waals surface area (Å²) < 4.78 is 38.4. The van der Waals surface area contributed by atoms with Crippen molar-refractivity contribution in [2.24, 2.45) is 5.73 Å². The number of anilines is 6. The Labute approximate surface area is 327 Å². The number of sulfonamides is 1. The molecule has 2 fully saturated rings. The standard InChI is InChI=1S/C37H50ClN11O5S/c1-4-25-22-30(44-37-42-24-27(38)36(45-37)43-29-8-7-28-34(41-13-12-40-28)35(29)46-55(3,51)52)32(53-2)23-31(25)48-14-9-26(10-15-48)47-16-18-49(19-17-47)33(50)6-5-20-54-21-11-39/h7-8,12-13,22-24,26,46H,4-6,9-11,14-21,39H2,1-3H3,(H2,42,43,44,45). The molecule has 0 atom stereocenters. The summed E-state index contributed by atoms with van der Waals surface area (Å²) in [7, 11) is -2.02. The number of hydrogen-bond acceptors (Lipinski definition) is 14. The number of nitrogens with one attached hydrogen (secondary N) is 3. The second-order valence-electron chi connectivity index (χ2n) is 13.6. The number of nitrogens with two attached hydrogens (primary N) is 1. The van der Waals surface area contributed by atoms with E-state index in [0.717, 1.165) is 82.5 Å². The molecule has 6 rings (SSSR count). The van der Waals surface area contributed by atoms with Gasteiger partial charge in [-0.1, -0.05) is 18.5 Å². The lowest BCUT2D eigenvalue weighted by atomic mass is 9.99. The normalized spacial score (nSPS) is 15.7. The SMILES string of the molecule is CCc1cc(Nc2ncc(Cl)c(Nc3ccc4nccnc4c3NS(C)(=O)=O)n2)c(OC)cc1N1CCC(N2CCN(C(=O)CCCOCCN)CC2)CC1. The molecule has 0 bridgehead atoms. The third-order valence-electron chi connectivity index (χ3n) is 9.88. The number of benzene rings is 2. The Morgan fingerprint density at radius 1 is 1.00 bits per heavy atom. The second kappa shape index (κ2) is 18.4. The van der Waals surface area contributed by atoms with Gasteiger partial charge in [0.2, 0.25) is 21.9 Å². The van der Waals surface area contributed by atoms with Crippen molar-refractivity contribution in [3.8, 4) is 5.75 Å². The molecule has 5 N–H and O–H groups in total. The van der Waals surface area contributed by atoms with E-state index in [1.807, 2.05) is 4.90 Å². The van der Waals surface area contributed by atoms with Crippen LogP contribution in [-0.2, 0) is 26.0 Å². The first-order valence-corrected chi connectivity index (χ1v) is 20.9. The second-order valence-corrected chi connectivity index (χ2v) is 15.8. The molecule has 0 saturated carbocycles. The van der Waals surface area contributed by atoms with Crippen molar-refractivity contribution in [3.63, 3.8) is 0 Å². The van der Waals surface area contributed by atoms with Gasteiger partial charge in [0, 0.05) is 89.0 Å². The zero-order valence-corrected chi connectivity index (χ0v) is 33.1. The highest BCUT2D eigenvalue weighted by Gasteiger charge is 2.30. The van der Waals surface area contributed by atoms with Gasteiger partial charge in [-0.3, -0.25) is 24.4 Å². The number of halogens is 1. The molecule has 55 heavy (non-hydrogen) atoms. The number of carbonyl (C=O) groups is 1. The van der Waals surface area contributed by atoms with Gasteiger partial charge in [0.1, 0.15) is 16.3 Å². The lowest BCUT2D eigenvalue weighted by Gasteiger charge is -2.43. The molecule has 4 heterocycles. The third kappa shape index (κ3) is 10.2. The van der Waals surface area contributed by atoms with Crippen LogP contribution in [0.3, 0.4) is 0 Å². The molecule has 0 radical (unpaired) electrons. The summed E-state index contributed by atoms with van der Waals surface area (Å²) in [5.74, 6) is 1.36.